The van der Waals surface area contributed by atoms with Crippen molar-refractivity contribution in [3.05, 3.63) is 27.7 Å². The number of rotatable bonds is 1. The highest BCUT2D eigenvalue weighted by Gasteiger charge is 2.14. The highest BCUT2D eigenvalue weighted by molar-refractivity contribution is 9.10. The Morgan fingerprint density at radius 2 is 1.92 bits per heavy atom. The van der Waals surface area contributed by atoms with E-state index < -0.39 is 9.05 Å². The maximum Gasteiger partial charge on any atom is 0.262 e. The maximum atomic E-state index is 10.9. The van der Waals surface area contributed by atoms with Crippen LogP contribution in [0, 0.1) is 0 Å². The van der Waals surface area contributed by atoms with Gasteiger partial charge in [-0.1, -0.05) is 27.5 Å². The van der Waals surface area contributed by atoms with Crippen molar-refractivity contribution in [1.82, 2.24) is 0 Å². The summed E-state index contributed by atoms with van der Waals surface area (Å²) in [5.41, 5.74) is 0. The molecular formula is C6H3BrCl2O2S. The molecule has 0 aliphatic carbocycles. The van der Waals surface area contributed by atoms with Crippen LogP contribution in [0.3, 0.4) is 0 Å². The van der Waals surface area contributed by atoms with E-state index in [1.165, 1.54) is 12.1 Å². The second-order valence-electron chi connectivity index (χ2n) is 2.01. The lowest BCUT2D eigenvalue weighted by Crippen LogP contribution is -1.91. The van der Waals surface area contributed by atoms with Crippen LogP contribution in [0.5, 0.6) is 0 Å². The van der Waals surface area contributed by atoms with Gasteiger partial charge in [0.15, 0.2) is 0 Å². The lowest BCUT2D eigenvalue weighted by Gasteiger charge is -1.99. The Bertz CT molecular complexity index is 402. The van der Waals surface area contributed by atoms with Crippen LogP contribution >= 0.6 is 38.2 Å². The lowest BCUT2D eigenvalue weighted by molar-refractivity contribution is 0.609. The van der Waals surface area contributed by atoms with Crippen LogP contribution in [0.2, 0.25) is 5.02 Å². The fourth-order valence-electron chi connectivity index (χ4n) is 0.664. The summed E-state index contributed by atoms with van der Waals surface area (Å²) in [5.74, 6) is 0. The Morgan fingerprint density at radius 1 is 1.33 bits per heavy atom. The average Bonchev–Trinajstić information content (AvgIpc) is 1.92. The minimum atomic E-state index is -3.75. The van der Waals surface area contributed by atoms with E-state index in [-0.39, 0.29) is 9.92 Å². The van der Waals surface area contributed by atoms with Gasteiger partial charge in [0.05, 0.1) is 5.02 Å². The quantitative estimate of drug-likeness (QED) is 0.745. The lowest BCUT2D eigenvalue weighted by atomic mass is 10.4. The van der Waals surface area contributed by atoms with Crippen molar-refractivity contribution in [2.24, 2.45) is 0 Å². The zero-order chi connectivity index (χ0) is 9.35. The summed E-state index contributed by atoms with van der Waals surface area (Å²) in [6, 6.07) is 4.44. The van der Waals surface area contributed by atoms with Crippen LogP contribution < -0.4 is 0 Å². The molecule has 0 aliphatic heterocycles. The van der Waals surface area contributed by atoms with Gasteiger partial charge in [0.2, 0.25) is 0 Å². The first-order valence-electron chi connectivity index (χ1n) is 2.81. The molecule has 0 N–H and O–H groups in total. The molecule has 1 aromatic rings. The van der Waals surface area contributed by atoms with Crippen molar-refractivity contribution in [3.8, 4) is 0 Å². The number of hydrogen-bond acceptors (Lipinski definition) is 2. The zero-order valence-electron chi connectivity index (χ0n) is 5.59. The number of halogens is 3. The highest BCUT2D eigenvalue weighted by atomic mass is 79.9. The minimum Gasteiger partial charge on any atom is -0.207 e. The molecule has 0 heterocycles. The maximum absolute atomic E-state index is 10.9. The highest BCUT2D eigenvalue weighted by Crippen LogP contribution is 2.27. The van der Waals surface area contributed by atoms with Gasteiger partial charge >= 0.3 is 0 Å². The van der Waals surface area contributed by atoms with E-state index in [1.54, 1.807) is 6.07 Å². The summed E-state index contributed by atoms with van der Waals surface area (Å²) in [7, 11) is 1.36. The summed E-state index contributed by atoms with van der Waals surface area (Å²) in [5, 5.41) is 0.119. The van der Waals surface area contributed by atoms with Crippen molar-refractivity contribution in [1.29, 1.82) is 0 Å². The van der Waals surface area contributed by atoms with Gasteiger partial charge in [-0.3, -0.25) is 0 Å². The molecule has 0 aliphatic rings. The molecule has 12 heavy (non-hydrogen) atoms. The van der Waals surface area contributed by atoms with Crippen LogP contribution in [0.25, 0.3) is 0 Å². The van der Waals surface area contributed by atoms with Gasteiger partial charge in [0.25, 0.3) is 9.05 Å². The van der Waals surface area contributed by atoms with Gasteiger partial charge in [-0.2, -0.15) is 0 Å². The predicted molar refractivity (Wildman–Crippen MR) is 52.2 cm³/mol. The molecule has 0 bridgehead atoms. The Labute approximate surface area is 88.0 Å². The van der Waals surface area contributed by atoms with E-state index in [2.05, 4.69) is 15.9 Å². The summed E-state index contributed by atoms with van der Waals surface area (Å²) in [6.45, 7) is 0. The minimum absolute atomic E-state index is 0.0831. The zero-order valence-corrected chi connectivity index (χ0v) is 9.51. The van der Waals surface area contributed by atoms with Crippen molar-refractivity contribution in [3.63, 3.8) is 0 Å². The van der Waals surface area contributed by atoms with Gasteiger partial charge in [-0.15, -0.1) is 0 Å². The second kappa shape index (κ2) is 3.54. The Hall–Kier alpha value is 0.230. The fraction of sp³-hybridized carbons (Fsp3) is 0. The van der Waals surface area contributed by atoms with Gasteiger partial charge in [0.1, 0.15) is 4.90 Å². The largest absolute Gasteiger partial charge is 0.262 e. The molecule has 0 saturated heterocycles. The van der Waals surface area contributed by atoms with Gasteiger partial charge in [0, 0.05) is 15.2 Å². The van der Waals surface area contributed by atoms with Gasteiger partial charge in [-0.05, 0) is 18.2 Å². The van der Waals surface area contributed by atoms with Crippen molar-refractivity contribution in [2.45, 2.75) is 4.90 Å². The average molecular weight is 290 g/mol. The molecule has 0 spiro atoms. The van der Waals surface area contributed by atoms with Crippen LogP contribution in [-0.2, 0) is 9.05 Å². The molecule has 0 saturated carbocycles. The topological polar surface area (TPSA) is 34.1 Å². The fourth-order valence-corrected chi connectivity index (χ4v) is 2.67. The summed E-state index contributed by atoms with van der Waals surface area (Å²) >= 11 is 8.70. The summed E-state index contributed by atoms with van der Waals surface area (Å²) < 4.78 is 22.3. The Morgan fingerprint density at radius 3 is 2.33 bits per heavy atom. The molecule has 0 radical (unpaired) electrons. The molecule has 6 heteroatoms. The third-order valence-electron chi connectivity index (χ3n) is 1.16. The van der Waals surface area contributed by atoms with Crippen molar-refractivity contribution >= 4 is 47.3 Å². The molecule has 0 atom stereocenters. The second-order valence-corrected chi connectivity index (χ2v) is 5.87. The molecule has 0 amide bonds. The van der Waals surface area contributed by atoms with E-state index >= 15 is 0 Å². The first kappa shape index (κ1) is 10.3. The molecular weight excluding hydrogens is 287 g/mol. The van der Waals surface area contributed by atoms with E-state index in [0.29, 0.717) is 4.47 Å². The molecule has 1 rings (SSSR count). The number of hydrogen-bond donors (Lipinski definition) is 0. The first-order chi connectivity index (χ1) is 5.41. The molecule has 0 fully saturated rings. The van der Waals surface area contributed by atoms with Crippen LogP contribution in [0.4, 0.5) is 0 Å². The molecule has 2 nitrogen and oxygen atoms in total. The van der Waals surface area contributed by atoms with Crippen molar-refractivity contribution in [2.75, 3.05) is 0 Å². The van der Waals surface area contributed by atoms with Gasteiger partial charge in [-0.25, -0.2) is 8.42 Å². The van der Waals surface area contributed by atoms with Crippen LogP contribution in [0.15, 0.2) is 27.6 Å². The summed E-state index contributed by atoms with van der Waals surface area (Å²) in [6.07, 6.45) is 0. The standard InChI is InChI=1S/C6H3BrCl2O2S/c7-4-1-2-5(8)6(3-4)12(9,10)11/h1-3H. The third kappa shape index (κ3) is 2.36. The van der Waals surface area contributed by atoms with E-state index in [4.69, 9.17) is 22.3 Å². The summed E-state index contributed by atoms with van der Waals surface area (Å²) in [4.78, 5) is -0.0831. The number of benzene rings is 1. The molecule has 0 aromatic heterocycles. The smallest absolute Gasteiger partial charge is 0.207 e. The van der Waals surface area contributed by atoms with Crippen LogP contribution in [0.1, 0.15) is 0 Å². The Kier molecular flexibility index (Phi) is 3.04. The van der Waals surface area contributed by atoms with Crippen LogP contribution in [-0.4, -0.2) is 8.42 Å². The Balaban J connectivity index is 3.43. The molecule has 1 aromatic carbocycles. The van der Waals surface area contributed by atoms with E-state index in [0.717, 1.165) is 0 Å². The van der Waals surface area contributed by atoms with E-state index in [1.807, 2.05) is 0 Å². The van der Waals surface area contributed by atoms with Gasteiger partial charge < -0.3 is 0 Å². The third-order valence-corrected chi connectivity index (χ3v) is 3.45. The normalized spacial score (nSPS) is 11.6. The van der Waals surface area contributed by atoms with Crippen molar-refractivity contribution < 1.29 is 8.42 Å². The SMILES string of the molecule is O=S(=O)(Cl)c1cc(Br)ccc1Cl. The van der Waals surface area contributed by atoms with E-state index in [9.17, 15) is 8.42 Å². The monoisotopic (exact) mass is 288 g/mol. The predicted octanol–water partition coefficient (Wildman–Crippen LogP) is 3.03. The molecule has 66 valence electrons. The first-order valence-corrected chi connectivity index (χ1v) is 6.29. The molecule has 0 unspecified atom stereocenters.